The third-order valence-electron chi connectivity index (χ3n) is 4.70. The van der Waals surface area contributed by atoms with Crippen molar-refractivity contribution in [2.75, 3.05) is 0 Å². The van der Waals surface area contributed by atoms with Gasteiger partial charge < -0.3 is 10.1 Å². The number of rotatable bonds is 5. The van der Waals surface area contributed by atoms with Gasteiger partial charge in [-0.3, -0.25) is 9.59 Å². The molecule has 3 rings (SSSR count). The number of aromatic amines is 1. The number of carboxylic acid groups (broad SMARTS) is 1. The summed E-state index contributed by atoms with van der Waals surface area (Å²) >= 11 is 1.81. The Morgan fingerprint density at radius 1 is 1.33 bits per heavy atom. The van der Waals surface area contributed by atoms with Crippen LogP contribution < -0.4 is 5.56 Å². The Morgan fingerprint density at radius 2 is 2.08 bits per heavy atom. The van der Waals surface area contributed by atoms with Gasteiger partial charge in [0.25, 0.3) is 5.56 Å². The van der Waals surface area contributed by atoms with Crippen LogP contribution in [0, 0.1) is 12.8 Å². The number of benzene rings is 1. The molecule has 0 radical (unpaired) electrons. The lowest BCUT2D eigenvalue weighted by Gasteiger charge is -2.27. The van der Waals surface area contributed by atoms with Crippen LogP contribution in [-0.2, 0) is 10.5 Å². The molecule has 0 spiro atoms. The molecule has 0 bridgehead atoms. The largest absolute Gasteiger partial charge is 0.481 e. The van der Waals surface area contributed by atoms with Crippen LogP contribution in [0.25, 0.3) is 10.9 Å². The van der Waals surface area contributed by atoms with Crippen molar-refractivity contribution in [1.82, 2.24) is 9.97 Å². The first-order valence-corrected chi connectivity index (χ1v) is 9.39. The third kappa shape index (κ3) is 3.98. The summed E-state index contributed by atoms with van der Waals surface area (Å²) in [6.07, 6.45) is 4.32. The maximum Gasteiger partial charge on any atom is 0.303 e. The van der Waals surface area contributed by atoms with Gasteiger partial charge in [-0.15, -0.1) is 0 Å². The molecular formula is C18H22N2O3S. The number of nitrogens with one attached hydrogen (secondary N) is 1. The standard InChI is InChI=1S/C18H22N2O3S/c1-11-3-2-4-14-17(11)19-15(20-18(14)23)10-24-13-7-5-12(6-8-13)9-16(21)22/h2-4,12-13H,5-10H2,1H3,(H,21,22)(H,19,20,23)/t12-,13-. The van der Waals surface area contributed by atoms with Crippen molar-refractivity contribution in [3.8, 4) is 0 Å². The van der Waals surface area contributed by atoms with E-state index in [0.29, 0.717) is 22.3 Å². The molecule has 1 fully saturated rings. The number of thioether (sulfide) groups is 1. The molecule has 0 saturated heterocycles. The number of fused-ring (bicyclic) bond motifs is 1. The molecule has 5 nitrogen and oxygen atoms in total. The minimum absolute atomic E-state index is 0.0792. The summed E-state index contributed by atoms with van der Waals surface area (Å²) < 4.78 is 0. The van der Waals surface area contributed by atoms with E-state index in [1.54, 1.807) is 6.07 Å². The zero-order chi connectivity index (χ0) is 17.1. The van der Waals surface area contributed by atoms with E-state index >= 15 is 0 Å². The van der Waals surface area contributed by atoms with Crippen molar-refractivity contribution < 1.29 is 9.90 Å². The van der Waals surface area contributed by atoms with E-state index < -0.39 is 5.97 Å². The van der Waals surface area contributed by atoms with Crippen LogP contribution in [-0.4, -0.2) is 26.3 Å². The monoisotopic (exact) mass is 346 g/mol. The van der Waals surface area contributed by atoms with Gasteiger partial charge in [0, 0.05) is 11.7 Å². The number of hydrogen-bond acceptors (Lipinski definition) is 4. The second-order valence-electron chi connectivity index (χ2n) is 6.54. The highest BCUT2D eigenvalue weighted by molar-refractivity contribution is 7.99. The second kappa shape index (κ2) is 7.38. The molecule has 2 aromatic rings. The average Bonchev–Trinajstić information content (AvgIpc) is 2.55. The molecule has 24 heavy (non-hydrogen) atoms. The van der Waals surface area contributed by atoms with Gasteiger partial charge in [-0.2, -0.15) is 11.8 Å². The number of aliphatic carboxylic acids is 1. The van der Waals surface area contributed by atoms with E-state index in [1.807, 2.05) is 30.8 Å². The van der Waals surface area contributed by atoms with Gasteiger partial charge in [0.05, 0.1) is 16.7 Å². The van der Waals surface area contributed by atoms with E-state index in [2.05, 4.69) is 9.97 Å². The average molecular weight is 346 g/mol. The molecular weight excluding hydrogens is 324 g/mol. The molecule has 1 heterocycles. The predicted molar refractivity (Wildman–Crippen MR) is 96.4 cm³/mol. The van der Waals surface area contributed by atoms with Crippen molar-refractivity contribution in [3.05, 3.63) is 39.9 Å². The predicted octanol–water partition coefficient (Wildman–Crippen LogP) is 3.50. The van der Waals surface area contributed by atoms with Crippen molar-refractivity contribution in [1.29, 1.82) is 0 Å². The SMILES string of the molecule is Cc1cccc2c(=O)[nH]c(CS[C@H]3CC[C@H](CC(=O)O)CC3)nc12. The van der Waals surface area contributed by atoms with Crippen molar-refractivity contribution in [3.63, 3.8) is 0 Å². The first-order valence-electron chi connectivity index (χ1n) is 8.35. The number of carboxylic acids is 1. The third-order valence-corrected chi connectivity index (χ3v) is 6.08. The summed E-state index contributed by atoms with van der Waals surface area (Å²) in [5, 5.41) is 10.0. The zero-order valence-electron chi connectivity index (χ0n) is 13.7. The van der Waals surface area contributed by atoms with Crippen molar-refractivity contribution in [2.24, 2.45) is 5.92 Å². The normalized spacial score (nSPS) is 21.0. The van der Waals surface area contributed by atoms with Gasteiger partial charge in [-0.1, -0.05) is 12.1 Å². The number of para-hydroxylation sites is 1. The molecule has 1 aromatic carbocycles. The van der Waals surface area contributed by atoms with Crippen molar-refractivity contribution in [2.45, 2.75) is 50.0 Å². The van der Waals surface area contributed by atoms with Gasteiger partial charge in [-0.25, -0.2) is 4.98 Å². The minimum atomic E-state index is -0.695. The number of hydrogen-bond donors (Lipinski definition) is 2. The van der Waals surface area contributed by atoms with E-state index in [9.17, 15) is 9.59 Å². The summed E-state index contributed by atoms with van der Waals surface area (Å²) in [6, 6.07) is 5.64. The van der Waals surface area contributed by atoms with Crippen LogP contribution in [0.15, 0.2) is 23.0 Å². The smallest absolute Gasteiger partial charge is 0.303 e. The minimum Gasteiger partial charge on any atom is -0.481 e. The lowest BCUT2D eigenvalue weighted by atomic mass is 9.87. The molecule has 0 atom stereocenters. The maximum atomic E-state index is 12.2. The molecule has 1 aromatic heterocycles. The van der Waals surface area contributed by atoms with Crippen LogP contribution in [0.2, 0.25) is 0 Å². The fourth-order valence-corrected chi connectivity index (χ4v) is 4.50. The molecule has 0 amide bonds. The lowest BCUT2D eigenvalue weighted by molar-refractivity contribution is -0.138. The number of aryl methyl sites for hydroxylation is 1. The number of aromatic nitrogens is 2. The van der Waals surface area contributed by atoms with Crippen LogP contribution in [0.5, 0.6) is 0 Å². The summed E-state index contributed by atoms with van der Waals surface area (Å²) in [7, 11) is 0. The molecule has 128 valence electrons. The summed E-state index contributed by atoms with van der Waals surface area (Å²) in [5.74, 6) is 1.04. The molecule has 2 N–H and O–H groups in total. The Labute approximate surface area is 144 Å². The first kappa shape index (κ1) is 17.0. The Balaban J connectivity index is 1.62. The lowest BCUT2D eigenvalue weighted by Crippen LogP contribution is -2.19. The Kier molecular flexibility index (Phi) is 5.23. The Hall–Kier alpha value is -1.82. The summed E-state index contributed by atoms with van der Waals surface area (Å²) in [5.41, 5.74) is 1.71. The summed E-state index contributed by atoms with van der Waals surface area (Å²) in [6.45, 7) is 1.97. The quantitative estimate of drug-likeness (QED) is 0.866. The van der Waals surface area contributed by atoms with E-state index in [1.165, 1.54) is 0 Å². The highest BCUT2D eigenvalue weighted by Gasteiger charge is 2.23. The van der Waals surface area contributed by atoms with Gasteiger partial charge >= 0.3 is 5.97 Å². The fraction of sp³-hybridized carbons (Fsp3) is 0.500. The molecule has 6 heteroatoms. The Morgan fingerprint density at radius 3 is 2.79 bits per heavy atom. The van der Waals surface area contributed by atoms with Gasteiger partial charge in [0.15, 0.2) is 0 Å². The maximum absolute atomic E-state index is 12.2. The van der Waals surface area contributed by atoms with E-state index in [-0.39, 0.29) is 12.0 Å². The molecule has 0 unspecified atom stereocenters. The van der Waals surface area contributed by atoms with Crippen LogP contribution in [0.3, 0.4) is 0 Å². The zero-order valence-corrected chi connectivity index (χ0v) is 14.6. The second-order valence-corrected chi connectivity index (χ2v) is 7.82. The van der Waals surface area contributed by atoms with Gasteiger partial charge in [-0.05, 0) is 50.2 Å². The number of nitrogens with zero attached hydrogens (tertiary/aromatic N) is 1. The van der Waals surface area contributed by atoms with E-state index in [4.69, 9.17) is 5.11 Å². The van der Waals surface area contributed by atoms with Crippen LogP contribution in [0.1, 0.15) is 43.5 Å². The first-order chi connectivity index (χ1) is 11.5. The van der Waals surface area contributed by atoms with Gasteiger partial charge in [0.2, 0.25) is 0 Å². The Bertz CT molecular complexity index is 794. The topological polar surface area (TPSA) is 83.0 Å². The van der Waals surface area contributed by atoms with Crippen LogP contribution >= 0.6 is 11.8 Å². The molecule has 1 aliphatic carbocycles. The highest BCUT2D eigenvalue weighted by Crippen LogP contribution is 2.34. The molecule has 1 saturated carbocycles. The highest BCUT2D eigenvalue weighted by atomic mass is 32.2. The number of H-pyrrole nitrogens is 1. The summed E-state index contributed by atoms with van der Waals surface area (Å²) in [4.78, 5) is 30.5. The van der Waals surface area contributed by atoms with E-state index in [0.717, 1.165) is 42.6 Å². The molecule has 1 aliphatic rings. The van der Waals surface area contributed by atoms with Gasteiger partial charge in [0.1, 0.15) is 5.82 Å². The number of carbonyl (C=O) groups is 1. The van der Waals surface area contributed by atoms with Crippen LogP contribution in [0.4, 0.5) is 0 Å². The van der Waals surface area contributed by atoms with Crippen molar-refractivity contribution >= 4 is 28.6 Å². The molecule has 0 aliphatic heterocycles. The fourth-order valence-electron chi connectivity index (χ4n) is 3.37.